The molecule has 5 nitrogen and oxygen atoms in total. The largest absolute Gasteiger partial charge is 0.493 e. The maximum Gasteiger partial charge on any atom is 0.322 e. The molecule has 5 aromatic carbocycles. The zero-order valence-corrected chi connectivity index (χ0v) is 21.5. The van der Waals surface area contributed by atoms with E-state index in [0.717, 1.165) is 33.2 Å². The van der Waals surface area contributed by atoms with Gasteiger partial charge in [-0.25, -0.2) is 4.79 Å². The summed E-state index contributed by atoms with van der Waals surface area (Å²) in [6.07, 6.45) is 0. The number of fused-ring (bicyclic) bond motifs is 1. The van der Waals surface area contributed by atoms with Crippen LogP contribution in [0.4, 0.5) is 10.5 Å². The van der Waals surface area contributed by atoms with Gasteiger partial charge in [-0.1, -0.05) is 103 Å². The molecule has 0 aliphatic rings. The minimum Gasteiger partial charge on any atom is -0.493 e. The van der Waals surface area contributed by atoms with Crippen LogP contribution in [0.5, 0.6) is 11.5 Å². The van der Waals surface area contributed by atoms with E-state index in [-0.39, 0.29) is 12.1 Å². The van der Waals surface area contributed by atoms with E-state index in [0.29, 0.717) is 18.0 Å². The summed E-state index contributed by atoms with van der Waals surface area (Å²) < 4.78 is 11.0. The summed E-state index contributed by atoms with van der Waals surface area (Å²) in [4.78, 5) is 16.1. The fourth-order valence-electron chi connectivity index (χ4n) is 4.80. The first-order valence-electron chi connectivity index (χ1n) is 12.5. The number of nitrogens with zero attached hydrogens (tertiary/aromatic N) is 1. The molecular formula is C33H30N2O3. The van der Waals surface area contributed by atoms with Crippen LogP contribution in [-0.2, 0) is 6.54 Å². The van der Waals surface area contributed by atoms with Crippen LogP contribution < -0.4 is 14.8 Å². The lowest BCUT2D eigenvalue weighted by atomic mass is 9.96. The summed E-state index contributed by atoms with van der Waals surface area (Å²) in [5.41, 5.74) is 3.73. The van der Waals surface area contributed by atoms with E-state index in [1.165, 1.54) is 0 Å². The van der Waals surface area contributed by atoms with Gasteiger partial charge in [0.25, 0.3) is 0 Å². The van der Waals surface area contributed by atoms with Crippen molar-refractivity contribution in [2.24, 2.45) is 0 Å². The van der Waals surface area contributed by atoms with Gasteiger partial charge in [0.15, 0.2) is 11.5 Å². The van der Waals surface area contributed by atoms with Crippen molar-refractivity contribution >= 4 is 22.5 Å². The highest BCUT2D eigenvalue weighted by atomic mass is 16.5. The molecule has 0 saturated heterocycles. The summed E-state index contributed by atoms with van der Waals surface area (Å²) in [7, 11) is 3.23. The van der Waals surface area contributed by atoms with Crippen molar-refractivity contribution in [3.8, 4) is 11.5 Å². The van der Waals surface area contributed by atoms with Crippen molar-refractivity contribution < 1.29 is 14.3 Å². The number of amides is 2. The Morgan fingerprint density at radius 3 is 1.97 bits per heavy atom. The van der Waals surface area contributed by atoms with Crippen molar-refractivity contribution in [2.75, 3.05) is 19.5 Å². The average Bonchev–Trinajstić information content (AvgIpc) is 2.98. The van der Waals surface area contributed by atoms with E-state index in [2.05, 4.69) is 29.6 Å². The fraction of sp³-hybridized carbons (Fsp3) is 0.121. The molecule has 5 rings (SSSR count). The van der Waals surface area contributed by atoms with Crippen LogP contribution in [-0.4, -0.2) is 25.2 Å². The van der Waals surface area contributed by atoms with Crippen LogP contribution in [0.15, 0.2) is 121 Å². The fourth-order valence-corrected chi connectivity index (χ4v) is 4.80. The van der Waals surface area contributed by atoms with Crippen LogP contribution in [0.1, 0.15) is 22.7 Å². The van der Waals surface area contributed by atoms with E-state index >= 15 is 0 Å². The molecule has 0 aliphatic heterocycles. The summed E-state index contributed by atoms with van der Waals surface area (Å²) in [5.74, 6) is 1.26. The number of hydrogen-bond acceptors (Lipinski definition) is 3. The third-order valence-corrected chi connectivity index (χ3v) is 6.64. The zero-order chi connectivity index (χ0) is 26.3. The predicted molar refractivity (Wildman–Crippen MR) is 153 cm³/mol. The summed E-state index contributed by atoms with van der Waals surface area (Å²) >= 11 is 0. The maximum absolute atomic E-state index is 14.2. The van der Waals surface area contributed by atoms with Crippen LogP contribution in [0.25, 0.3) is 10.8 Å². The first-order chi connectivity index (χ1) is 18.7. The van der Waals surface area contributed by atoms with Gasteiger partial charge in [-0.05, 0) is 40.3 Å². The first kappa shape index (κ1) is 24.9. The van der Waals surface area contributed by atoms with Crippen LogP contribution in [0.3, 0.4) is 0 Å². The molecule has 0 heterocycles. The Kier molecular flexibility index (Phi) is 7.55. The lowest BCUT2D eigenvalue weighted by Crippen LogP contribution is -2.38. The molecular weight excluding hydrogens is 472 g/mol. The Morgan fingerprint density at radius 1 is 0.711 bits per heavy atom. The van der Waals surface area contributed by atoms with Crippen LogP contribution in [0, 0.1) is 0 Å². The zero-order valence-electron chi connectivity index (χ0n) is 21.5. The Labute approximate surface area is 223 Å². The third kappa shape index (κ3) is 5.32. The number of ether oxygens (including phenoxy) is 2. The predicted octanol–water partition coefficient (Wildman–Crippen LogP) is 7.68. The Balaban J connectivity index is 1.59. The molecule has 1 N–H and O–H groups in total. The first-order valence-corrected chi connectivity index (χ1v) is 12.5. The summed E-state index contributed by atoms with van der Waals surface area (Å²) in [5, 5.41) is 5.27. The number of methoxy groups -OCH3 is 2. The molecule has 0 atom stereocenters. The second-order valence-corrected chi connectivity index (χ2v) is 9.00. The Morgan fingerprint density at radius 2 is 1.32 bits per heavy atom. The molecule has 0 aromatic heterocycles. The molecule has 0 bridgehead atoms. The lowest BCUT2D eigenvalue weighted by Gasteiger charge is -2.33. The molecule has 5 aromatic rings. The minimum atomic E-state index is -0.319. The number of carbonyl (C=O) groups excluding carboxylic acids is 1. The van der Waals surface area contributed by atoms with E-state index < -0.39 is 0 Å². The average molecular weight is 503 g/mol. The Hall–Kier alpha value is -4.77. The van der Waals surface area contributed by atoms with Gasteiger partial charge in [0.2, 0.25) is 0 Å². The monoisotopic (exact) mass is 502 g/mol. The number of nitrogens with one attached hydrogen (secondary N) is 1. The normalized spacial score (nSPS) is 10.8. The molecule has 0 unspecified atom stereocenters. The highest BCUT2D eigenvalue weighted by Gasteiger charge is 2.28. The topological polar surface area (TPSA) is 50.8 Å². The van der Waals surface area contributed by atoms with Crippen molar-refractivity contribution in [1.82, 2.24) is 4.90 Å². The van der Waals surface area contributed by atoms with Gasteiger partial charge in [-0.2, -0.15) is 0 Å². The molecule has 0 aliphatic carbocycles. The van der Waals surface area contributed by atoms with Crippen LogP contribution >= 0.6 is 0 Å². The van der Waals surface area contributed by atoms with E-state index in [1.807, 2.05) is 102 Å². The molecule has 0 radical (unpaired) electrons. The van der Waals surface area contributed by atoms with Gasteiger partial charge in [-0.15, -0.1) is 0 Å². The third-order valence-electron chi connectivity index (χ3n) is 6.64. The highest BCUT2D eigenvalue weighted by molar-refractivity contribution is 6.01. The van der Waals surface area contributed by atoms with Gasteiger partial charge >= 0.3 is 6.03 Å². The van der Waals surface area contributed by atoms with Gasteiger partial charge in [0.1, 0.15) is 0 Å². The quantitative estimate of drug-likeness (QED) is 0.237. The van der Waals surface area contributed by atoms with Gasteiger partial charge in [-0.3, -0.25) is 0 Å². The van der Waals surface area contributed by atoms with Crippen LogP contribution in [0.2, 0.25) is 0 Å². The number of hydrogen-bond donors (Lipinski definition) is 1. The maximum atomic E-state index is 14.2. The number of carbonyl (C=O) groups is 1. The van der Waals surface area contributed by atoms with Crippen molar-refractivity contribution in [3.63, 3.8) is 0 Å². The summed E-state index contributed by atoms with van der Waals surface area (Å²) in [6.45, 7) is 0.353. The second-order valence-electron chi connectivity index (χ2n) is 9.00. The molecule has 0 fully saturated rings. The molecule has 38 heavy (non-hydrogen) atoms. The molecule has 5 heteroatoms. The van der Waals surface area contributed by atoms with Crippen molar-refractivity contribution in [3.05, 3.63) is 138 Å². The number of anilines is 1. The molecule has 0 spiro atoms. The number of urea groups is 1. The summed E-state index contributed by atoms with van der Waals surface area (Å²) in [6, 6.07) is 39.5. The van der Waals surface area contributed by atoms with E-state index in [1.54, 1.807) is 14.2 Å². The van der Waals surface area contributed by atoms with Crippen molar-refractivity contribution in [1.29, 1.82) is 0 Å². The molecule has 0 saturated carbocycles. The lowest BCUT2D eigenvalue weighted by molar-refractivity contribution is 0.194. The van der Waals surface area contributed by atoms with Gasteiger partial charge < -0.3 is 19.7 Å². The number of benzene rings is 5. The number of rotatable bonds is 8. The molecule has 190 valence electrons. The Bertz CT molecular complexity index is 1480. The van der Waals surface area contributed by atoms with E-state index in [4.69, 9.17) is 9.47 Å². The standard InChI is InChI=1S/C33H30N2O3/c1-37-30-21-20-24(22-31(30)38-2)23-35(32(26-13-5-3-6-14-26)27-15-7-4-8-16-27)33(36)34-29-19-11-17-25-12-9-10-18-28(25)29/h3-22,32H,23H2,1-2H3,(H,34,36). The minimum absolute atomic E-state index is 0.200. The van der Waals surface area contributed by atoms with Gasteiger partial charge in [0.05, 0.1) is 25.9 Å². The van der Waals surface area contributed by atoms with E-state index in [9.17, 15) is 4.79 Å². The highest BCUT2D eigenvalue weighted by Crippen LogP contribution is 2.34. The SMILES string of the molecule is COc1ccc(CN(C(=O)Nc2cccc3ccccc23)C(c2ccccc2)c2ccccc2)cc1OC. The van der Waals surface area contributed by atoms with Gasteiger partial charge in [0, 0.05) is 11.9 Å². The second kappa shape index (κ2) is 11.5. The molecule has 2 amide bonds. The van der Waals surface area contributed by atoms with Crippen molar-refractivity contribution in [2.45, 2.75) is 12.6 Å². The smallest absolute Gasteiger partial charge is 0.322 e.